The van der Waals surface area contributed by atoms with Crippen molar-refractivity contribution in [1.29, 1.82) is 5.26 Å². The molecule has 92 valence electrons. The number of rotatable bonds is 1. The van der Waals surface area contributed by atoms with E-state index in [0.29, 0.717) is 11.1 Å². The molecule has 0 saturated carbocycles. The van der Waals surface area contributed by atoms with Gasteiger partial charge in [-0.25, -0.2) is 0 Å². The van der Waals surface area contributed by atoms with E-state index in [0.717, 1.165) is 9.80 Å². The van der Waals surface area contributed by atoms with E-state index in [1.807, 2.05) is 6.07 Å². The number of anilines is 1. The molecule has 2 heterocycles. The fourth-order valence-electron chi connectivity index (χ4n) is 1.94. The van der Waals surface area contributed by atoms with Crippen molar-refractivity contribution < 1.29 is 9.59 Å². The van der Waals surface area contributed by atoms with E-state index in [1.165, 1.54) is 6.20 Å². The lowest BCUT2D eigenvalue weighted by molar-refractivity contribution is 0.0880. The number of fused-ring (bicyclic) bond motifs is 1. The van der Waals surface area contributed by atoms with Crippen molar-refractivity contribution in [2.45, 2.75) is 0 Å². The molecule has 1 aromatic carbocycles. The van der Waals surface area contributed by atoms with Crippen LogP contribution < -0.4 is 10.7 Å². The van der Waals surface area contributed by atoms with Crippen molar-refractivity contribution in [1.82, 2.24) is 9.89 Å². The van der Waals surface area contributed by atoms with Crippen molar-refractivity contribution in [2.24, 2.45) is 0 Å². The quantitative estimate of drug-likeness (QED) is 0.734. The van der Waals surface area contributed by atoms with E-state index in [9.17, 15) is 9.59 Å². The van der Waals surface area contributed by atoms with Crippen molar-refractivity contribution in [3.8, 4) is 6.07 Å². The second-order valence-corrected chi connectivity index (χ2v) is 3.91. The minimum Gasteiger partial charge on any atom is -0.381 e. The van der Waals surface area contributed by atoms with Crippen LogP contribution in [0.4, 0.5) is 5.82 Å². The summed E-state index contributed by atoms with van der Waals surface area (Å²) in [4.78, 5) is 25.3. The van der Waals surface area contributed by atoms with Crippen LogP contribution in [0.3, 0.4) is 0 Å². The van der Waals surface area contributed by atoms with Crippen LogP contribution in [-0.4, -0.2) is 21.7 Å². The zero-order valence-electron chi connectivity index (χ0n) is 9.57. The number of nitriles is 1. The van der Waals surface area contributed by atoms with Crippen molar-refractivity contribution >= 4 is 17.6 Å². The van der Waals surface area contributed by atoms with Crippen LogP contribution in [0.5, 0.6) is 0 Å². The number of carbonyl (C=O) groups is 2. The Hall–Kier alpha value is -3.14. The highest BCUT2D eigenvalue weighted by Crippen LogP contribution is 2.23. The Balaban J connectivity index is 2.15. The zero-order valence-corrected chi connectivity index (χ0v) is 9.57. The summed E-state index contributed by atoms with van der Waals surface area (Å²) in [6.07, 6.45) is 1.21. The number of hydrogen-bond donors (Lipinski definition) is 1. The number of nitrogens with zero attached hydrogens (tertiary/aromatic N) is 4. The number of nitrogen functional groups attached to an aromatic ring is 1. The maximum Gasteiger partial charge on any atom is 0.282 e. The van der Waals surface area contributed by atoms with Crippen LogP contribution in [-0.2, 0) is 0 Å². The Labute approximate surface area is 107 Å². The first-order chi connectivity index (χ1) is 9.15. The van der Waals surface area contributed by atoms with Gasteiger partial charge in [-0.1, -0.05) is 12.1 Å². The monoisotopic (exact) mass is 253 g/mol. The van der Waals surface area contributed by atoms with Gasteiger partial charge in [-0.15, -0.1) is 4.79 Å². The normalized spacial score (nSPS) is 13.5. The smallest absolute Gasteiger partial charge is 0.282 e. The molecular formula is C12H7N5O2. The fraction of sp³-hybridized carbons (Fsp3) is 0. The minimum absolute atomic E-state index is 0.0444. The second-order valence-electron chi connectivity index (χ2n) is 3.91. The Morgan fingerprint density at radius 2 is 1.74 bits per heavy atom. The lowest BCUT2D eigenvalue weighted by Crippen LogP contribution is -2.41. The van der Waals surface area contributed by atoms with Crippen LogP contribution >= 0.6 is 0 Å². The molecule has 19 heavy (non-hydrogen) atoms. The van der Waals surface area contributed by atoms with Gasteiger partial charge in [0.1, 0.15) is 11.6 Å². The Kier molecular flexibility index (Phi) is 2.13. The standard InChI is InChI=1S/C12H7N5O2/c13-5-7-6-15-17(10(7)14)16-11(18)8-3-1-2-4-9(8)12(16)19/h1-4,6H,14H2. The molecular weight excluding hydrogens is 246 g/mol. The Morgan fingerprint density at radius 1 is 1.16 bits per heavy atom. The first-order valence-corrected chi connectivity index (χ1v) is 5.37. The molecule has 0 saturated heterocycles. The van der Waals surface area contributed by atoms with Gasteiger partial charge in [0.15, 0.2) is 5.82 Å². The molecule has 1 aromatic heterocycles. The van der Waals surface area contributed by atoms with Gasteiger partial charge in [0.05, 0.1) is 17.3 Å². The molecule has 0 aliphatic carbocycles. The van der Waals surface area contributed by atoms with Gasteiger partial charge in [0.25, 0.3) is 11.8 Å². The average Bonchev–Trinajstić information content (AvgIpc) is 2.90. The SMILES string of the molecule is N#Cc1cnn(N2C(=O)c3ccccc3C2=O)c1N. The molecule has 2 N–H and O–H groups in total. The van der Waals surface area contributed by atoms with Gasteiger partial charge < -0.3 is 5.73 Å². The van der Waals surface area contributed by atoms with Crippen LogP contribution in [0.2, 0.25) is 0 Å². The summed E-state index contributed by atoms with van der Waals surface area (Å²) in [6.45, 7) is 0. The van der Waals surface area contributed by atoms with Gasteiger partial charge >= 0.3 is 0 Å². The van der Waals surface area contributed by atoms with E-state index < -0.39 is 11.8 Å². The highest BCUT2D eigenvalue weighted by Gasteiger charge is 2.38. The lowest BCUT2D eigenvalue weighted by atomic mass is 10.1. The van der Waals surface area contributed by atoms with Crippen LogP contribution in [0.25, 0.3) is 0 Å². The molecule has 0 spiro atoms. The van der Waals surface area contributed by atoms with E-state index in [1.54, 1.807) is 24.3 Å². The fourth-order valence-corrected chi connectivity index (χ4v) is 1.94. The molecule has 3 rings (SSSR count). The number of aromatic nitrogens is 2. The number of carbonyl (C=O) groups excluding carboxylic acids is 2. The highest BCUT2D eigenvalue weighted by molar-refractivity contribution is 6.30. The number of hydrogen-bond acceptors (Lipinski definition) is 5. The van der Waals surface area contributed by atoms with Crippen molar-refractivity contribution in [3.05, 3.63) is 47.2 Å². The summed E-state index contributed by atoms with van der Waals surface area (Å²) in [5.74, 6) is -1.07. The van der Waals surface area contributed by atoms with Crippen molar-refractivity contribution in [2.75, 3.05) is 10.7 Å². The van der Waals surface area contributed by atoms with Gasteiger partial charge in [-0.05, 0) is 12.1 Å². The Bertz CT molecular complexity index is 721. The van der Waals surface area contributed by atoms with Crippen LogP contribution in [0, 0.1) is 11.3 Å². The summed E-state index contributed by atoms with van der Waals surface area (Å²) in [7, 11) is 0. The third-order valence-corrected chi connectivity index (χ3v) is 2.87. The summed E-state index contributed by atoms with van der Waals surface area (Å²) in [5, 5.41) is 13.4. The molecule has 7 heteroatoms. The maximum absolute atomic E-state index is 12.2. The molecule has 2 aromatic rings. The molecule has 0 fully saturated rings. The lowest BCUT2D eigenvalue weighted by Gasteiger charge is -2.14. The third-order valence-electron chi connectivity index (χ3n) is 2.87. The first-order valence-electron chi connectivity index (χ1n) is 5.37. The third kappa shape index (κ3) is 1.34. The first kappa shape index (κ1) is 11.0. The van der Waals surface area contributed by atoms with Gasteiger partial charge in [0.2, 0.25) is 0 Å². The van der Waals surface area contributed by atoms with Gasteiger partial charge in [-0.2, -0.15) is 15.4 Å². The molecule has 2 amide bonds. The molecule has 1 aliphatic rings. The van der Waals surface area contributed by atoms with Gasteiger partial charge in [-0.3, -0.25) is 9.59 Å². The predicted octanol–water partition coefficient (Wildman–Crippen LogP) is 0.269. The maximum atomic E-state index is 12.2. The zero-order chi connectivity index (χ0) is 13.6. The Morgan fingerprint density at radius 3 is 2.21 bits per heavy atom. The molecule has 1 aliphatic heterocycles. The van der Waals surface area contributed by atoms with E-state index in [2.05, 4.69) is 5.10 Å². The highest BCUT2D eigenvalue weighted by atomic mass is 16.2. The summed E-state index contributed by atoms with van der Waals surface area (Å²) in [5.41, 5.74) is 6.38. The minimum atomic E-state index is -0.514. The van der Waals surface area contributed by atoms with E-state index in [4.69, 9.17) is 11.0 Å². The van der Waals surface area contributed by atoms with Gasteiger partial charge in [0, 0.05) is 0 Å². The summed E-state index contributed by atoms with van der Waals surface area (Å²) < 4.78 is 0. The molecule has 0 unspecified atom stereocenters. The molecule has 0 radical (unpaired) electrons. The average molecular weight is 253 g/mol. The largest absolute Gasteiger partial charge is 0.381 e. The predicted molar refractivity (Wildman–Crippen MR) is 64.7 cm³/mol. The molecule has 7 nitrogen and oxygen atoms in total. The number of benzene rings is 1. The second kappa shape index (κ2) is 3.68. The summed E-state index contributed by atoms with van der Waals surface area (Å²) >= 11 is 0. The van der Waals surface area contributed by atoms with Crippen LogP contribution in [0.15, 0.2) is 30.5 Å². The topological polar surface area (TPSA) is 105 Å². The van der Waals surface area contributed by atoms with Crippen molar-refractivity contribution in [3.63, 3.8) is 0 Å². The van der Waals surface area contributed by atoms with E-state index >= 15 is 0 Å². The number of nitrogens with two attached hydrogens (primary N) is 1. The number of imide groups is 1. The summed E-state index contributed by atoms with van der Waals surface area (Å²) in [6, 6.07) is 8.28. The molecule has 0 bridgehead atoms. The van der Waals surface area contributed by atoms with E-state index in [-0.39, 0.29) is 11.4 Å². The van der Waals surface area contributed by atoms with Crippen LogP contribution in [0.1, 0.15) is 26.3 Å². The number of amides is 2. The molecule has 0 atom stereocenters.